The van der Waals surface area contributed by atoms with Crippen molar-refractivity contribution in [3.05, 3.63) is 46.5 Å². The molecule has 0 heterocycles. The van der Waals surface area contributed by atoms with Gasteiger partial charge in [0.05, 0.1) is 28.2 Å². The summed E-state index contributed by atoms with van der Waals surface area (Å²) < 4.78 is 0. The molecular weight excluding hydrogens is 647 g/mol. The van der Waals surface area contributed by atoms with Crippen molar-refractivity contribution < 1.29 is 46.8 Å². The average molecular weight is 700 g/mol. The van der Waals surface area contributed by atoms with E-state index in [0.29, 0.717) is 11.5 Å². The van der Waals surface area contributed by atoms with Gasteiger partial charge in [-0.1, -0.05) is 101 Å². The standard InChI is InChI=1S/C30H46N2O2Si2.2C2H4O2.Co/c1-9-21-15-25(35(3,4)5)17-23(29(21)33)19-31-27-13-11-12-14-28(27)32-20-24-18-26(36(6,7)8)16-22(10-2)30(24)34;2*1-2(3)4;/h15-20,27-28,33-34H,9-14H2,1-8H3;2*1H3,(H,3,4);/q;;;+2/p-2. The number of carboxylic acid groups (broad SMARTS) is 2. The van der Waals surface area contributed by atoms with E-state index in [4.69, 9.17) is 29.8 Å². The quantitative estimate of drug-likeness (QED) is 0.318. The SMILES string of the molecule is CC(=O)[O-].CC(=O)[O-].CCc1cc([Si](C)(C)C)cc(C=NC2CCCCC2N=Cc2cc([Si](C)(C)C)cc(CC)c2O)c1O.[Co+2]. The number of nitrogens with zero attached hydrogens (tertiary/aromatic N) is 2. The number of rotatable bonds is 8. The normalized spacial score (nSPS) is 16.7. The Morgan fingerprint density at radius 3 is 1.27 bits per heavy atom. The number of benzene rings is 2. The van der Waals surface area contributed by atoms with E-state index < -0.39 is 28.1 Å². The van der Waals surface area contributed by atoms with Crippen LogP contribution < -0.4 is 20.6 Å². The van der Waals surface area contributed by atoms with Gasteiger partial charge in [-0.05, 0) is 50.7 Å². The van der Waals surface area contributed by atoms with Gasteiger partial charge in [-0.3, -0.25) is 9.98 Å². The summed E-state index contributed by atoms with van der Waals surface area (Å²) in [5, 5.41) is 42.2. The Balaban J connectivity index is 0.00000192. The zero-order valence-electron chi connectivity index (χ0n) is 28.6. The molecule has 0 saturated heterocycles. The molecule has 0 bridgehead atoms. The van der Waals surface area contributed by atoms with E-state index in [1.807, 2.05) is 12.4 Å². The minimum absolute atomic E-state index is 0. The molecule has 2 aromatic rings. The summed E-state index contributed by atoms with van der Waals surface area (Å²) in [4.78, 5) is 27.7. The molecular formula is C34H52CoN2O6Si2. The Morgan fingerprint density at radius 1 is 0.733 bits per heavy atom. The molecule has 1 aliphatic carbocycles. The molecule has 1 fully saturated rings. The van der Waals surface area contributed by atoms with E-state index in [9.17, 15) is 10.2 Å². The second-order valence-electron chi connectivity index (χ2n) is 13.3. The number of aromatic hydroxyl groups is 2. The van der Waals surface area contributed by atoms with Gasteiger partial charge < -0.3 is 30.0 Å². The summed E-state index contributed by atoms with van der Waals surface area (Å²) in [5.74, 6) is -1.45. The molecule has 1 aliphatic rings. The predicted molar refractivity (Wildman–Crippen MR) is 184 cm³/mol. The Labute approximate surface area is 282 Å². The van der Waals surface area contributed by atoms with Crippen molar-refractivity contribution in [2.45, 2.75) is 118 Å². The van der Waals surface area contributed by atoms with E-state index in [-0.39, 0.29) is 28.9 Å². The third-order valence-electron chi connectivity index (χ3n) is 7.43. The largest absolute Gasteiger partial charge is 2.00 e. The van der Waals surface area contributed by atoms with E-state index in [2.05, 4.69) is 77.4 Å². The van der Waals surface area contributed by atoms with Crippen molar-refractivity contribution >= 4 is 50.9 Å². The Kier molecular flexibility index (Phi) is 17.9. The zero-order valence-corrected chi connectivity index (χ0v) is 31.7. The second kappa shape index (κ2) is 19.0. The van der Waals surface area contributed by atoms with Gasteiger partial charge in [-0.2, -0.15) is 0 Å². The van der Waals surface area contributed by atoms with Crippen molar-refractivity contribution in [3.8, 4) is 11.5 Å². The predicted octanol–water partition coefficient (Wildman–Crippen LogP) is 3.67. The summed E-state index contributed by atoms with van der Waals surface area (Å²) in [5.41, 5.74) is 3.65. The number of aryl methyl sites for hydroxylation is 2. The van der Waals surface area contributed by atoms with Crippen LogP contribution in [0.3, 0.4) is 0 Å². The third kappa shape index (κ3) is 14.5. The fourth-order valence-electron chi connectivity index (χ4n) is 4.83. The number of phenolic OH excluding ortho intramolecular Hbond substituents is 2. The number of hydrogen-bond donors (Lipinski definition) is 2. The molecule has 11 heteroatoms. The van der Waals surface area contributed by atoms with Crippen LogP contribution in [-0.4, -0.2) is 62.8 Å². The molecule has 0 spiro atoms. The molecule has 0 aromatic heterocycles. The van der Waals surface area contributed by atoms with Gasteiger partial charge in [-0.15, -0.1) is 0 Å². The first-order valence-corrected chi connectivity index (χ1v) is 22.5. The zero-order chi connectivity index (χ0) is 33.8. The van der Waals surface area contributed by atoms with Crippen LogP contribution in [0.5, 0.6) is 11.5 Å². The average Bonchev–Trinajstić information content (AvgIpc) is 2.90. The van der Waals surface area contributed by atoms with Gasteiger partial charge in [0.15, 0.2) is 0 Å². The van der Waals surface area contributed by atoms with E-state index in [1.165, 1.54) is 10.4 Å². The maximum absolute atomic E-state index is 10.9. The molecule has 2 N–H and O–H groups in total. The third-order valence-corrected chi connectivity index (χ3v) is 11.5. The molecule has 3 rings (SSSR count). The summed E-state index contributed by atoms with van der Waals surface area (Å²) in [6.45, 7) is 20.1. The van der Waals surface area contributed by atoms with Gasteiger partial charge in [0, 0.05) is 35.5 Å². The number of carboxylic acids is 2. The number of carbonyl (C=O) groups excluding carboxylic acids is 2. The smallest absolute Gasteiger partial charge is 0.550 e. The fraction of sp³-hybridized carbons (Fsp3) is 0.529. The number of phenols is 2. The molecule has 2 atom stereocenters. The maximum atomic E-state index is 10.9. The Morgan fingerprint density at radius 2 is 1.02 bits per heavy atom. The van der Waals surface area contributed by atoms with Gasteiger partial charge in [0.25, 0.3) is 0 Å². The van der Waals surface area contributed by atoms with Gasteiger partial charge in [0.2, 0.25) is 0 Å². The van der Waals surface area contributed by atoms with Crippen LogP contribution in [-0.2, 0) is 39.2 Å². The van der Waals surface area contributed by atoms with Crippen LogP contribution in [0.25, 0.3) is 0 Å². The van der Waals surface area contributed by atoms with E-state index >= 15 is 0 Å². The summed E-state index contributed by atoms with van der Waals surface area (Å²) >= 11 is 0. The molecule has 0 aliphatic heterocycles. The topological polar surface area (TPSA) is 145 Å². The van der Waals surface area contributed by atoms with Gasteiger partial charge in [-0.25, -0.2) is 0 Å². The van der Waals surface area contributed by atoms with Crippen molar-refractivity contribution in [3.63, 3.8) is 0 Å². The minimum atomic E-state index is -1.52. The van der Waals surface area contributed by atoms with Crippen molar-refractivity contribution in [2.24, 2.45) is 9.98 Å². The van der Waals surface area contributed by atoms with Crippen molar-refractivity contribution in [2.75, 3.05) is 0 Å². The number of aliphatic carboxylic acids is 2. The number of hydrogen-bond acceptors (Lipinski definition) is 8. The Bertz CT molecular complexity index is 1220. The van der Waals surface area contributed by atoms with Crippen LogP contribution in [0.4, 0.5) is 0 Å². The Hall–Kier alpha value is -2.74. The molecule has 2 unspecified atom stereocenters. The molecule has 251 valence electrons. The molecule has 0 amide bonds. The van der Waals surface area contributed by atoms with E-state index in [0.717, 1.165) is 74.6 Å². The first-order valence-electron chi connectivity index (χ1n) is 15.5. The summed E-state index contributed by atoms with van der Waals surface area (Å²) in [6.07, 6.45) is 9.66. The summed E-state index contributed by atoms with van der Waals surface area (Å²) in [7, 11) is -3.03. The first kappa shape index (κ1) is 42.3. The van der Waals surface area contributed by atoms with Crippen LogP contribution in [0.1, 0.15) is 75.6 Å². The van der Waals surface area contributed by atoms with Gasteiger partial charge >= 0.3 is 16.8 Å². The first-order chi connectivity index (χ1) is 20.3. The number of aliphatic imine (C=N–C) groups is 2. The van der Waals surface area contributed by atoms with E-state index in [1.54, 1.807) is 0 Å². The van der Waals surface area contributed by atoms with Crippen LogP contribution >= 0.6 is 0 Å². The minimum Gasteiger partial charge on any atom is -0.550 e. The molecule has 2 aromatic carbocycles. The summed E-state index contributed by atoms with van der Waals surface area (Å²) in [6, 6.07) is 8.80. The fourth-order valence-corrected chi connectivity index (χ4v) is 7.22. The second-order valence-corrected chi connectivity index (χ2v) is 23.5. The molecule has 1 radical (unpaired) electrons. The maximum Gasteiger partial charge on any atom is 2.00 e. The van der Waals surface area contributed by atoms with Crippen molar-refractivity contribution in [1.29, 1.82) is 0 Å². The monoisotopic (exact) mass is 699 g/mol. The van der Waals surface area contributed by atoms with Gasteiger partial charge in [0.1, 0.15) is 11.5 Å². The van der Waals surface area contributed by atoms with Crippen molar-refractivity contribution in [1.82, 2.24) is 0 Å². The van der Waals surface area contributed by atoms with Crippen LogP contribution in [0.2, 0.25) is 39.3 Å². The molecule has 1 saturated carbocycles. The van der Waals surface area contributed by atoms with Crippen LogP contribution in [0, 0.1) is 0 Å². The van der Waals surface area contributed by atoms with Crippen LogP contribution in [0.15, 0.2) is 34.3 Å². The molecule has 8 nitrogen and oxygen atoms in total. The molecule has 45 heavy (non-hydrogen) atoms. The number of carbonyl (C=O) groups is 2.